The van der Waals surface area contributed by atoms with Crippen LogP contribution in [0.15, 0.2) is 36.7 Å². The van der Waals surface area contributed by atoms with Crippen molar-refractivity contribution in [3.63, 3.8) is 0 Å². The summed E-state index contributed by atoms with van der Waals surface area (Å²) < 4.78 is 7.42. The van der Waals surface area contributed by atoms with Gasteiger partial charge in [-0.15, -0.1) is 0 Å². The second-order valence-corrected chi connectivity index (χ2v) is 6.44. The van der Waals surface area contributed by atoms with Gasteiger partial charge >= 0.3 is 0 Å². The molecular weight excluding hydrogens is 332 g/mol. The summed E-state index contributed by atoms with van der Waals surface area (Å²) in [6.45, 7) is 2.60. The Morgan fingerprint density at radius 3 is 2.77 bits per heavy atom. The Morgan fingerprint density at radius 1 is 1.23 bits per heavy atom. The molecule has 3 rings (SSSR count). The van der Waals surface area contributed by atoms with Crippen LogP contribution in [0, 0.1) is 0 Å². The number of likely N-dealkylation sites (tertiary alicyclic amines) is 1. The fraction of sp³-hybridized carbons (Fsp3) is 0.421. The van der Waals surface area contributed by atoms with Crippen molar-refractivity contribution < 1.29 is 14.3 Å². The van der Waals surface area contributed by atoms with E-state index in [1.165, 1.54) is 0 Å². The molecule has 26 heavy (non-hydrogen) atoms. The van der Waals surface area contributed by atoms with Crippen LogP contribution >= 0.6 is 0 Å². The molecule has 1 N–H and O–H groups in total. The van der Waals surface area contributed by atoms with Crippen LogP contribution in [0.25, 0.3) is 11.1 Å². The number of rotatable bonds is 8. The molecule has 0 saturated carbocycles. The standard InChI is InChI=1S/C19H24N4O3/c1-22-13-16(12-21-22)15-5-4-6-17(11-15)26-10-7-20-19(25)18(24)14-23-8-2-3-9-23/h4-6,11-13H,2-3,7-10,14H2,1H3,(H,20,25). The Balaban J connectivity index is 1.42. The van der Waals surface area contributed by atoms with Crippen LogP contribution < -0.4 is 10.1 Å². The third kappa shape index (κ3) is 4.92. The van der Waals surface area contributed by atoms with Gasteiger partial charge in [0, 0.05) is 18.8 Å². The van der Waals surface area contributed by atoms with Gasteiger partial charge in [-0.2, -0.15) is 5.10 Å². The molecule has 0 aliphatic carbocycles. The van der Waals surface area contributed by atoms with Gasteiger partial charge in [-0.1, -0.05) is 12.1 Å². The zero-order valence-corrected chi connectivity index (χ0v) is 15.0. The minimum absolute atomic E-state index is 0.208. The molecule has 7 nitrogen and oxygen atoms in total. The second kappa shape index (κ2) is 8.62. The first kappa shape index (κ1) is 18.1. The third-order valence-corrected chi connectivity index (χ3v) is 4.35. The number of nitrogens with zero attached hydrogens (tertiary/aromatic N) is 3. The average molecular weight is 356 g/mol. The van der Waals surface area contributed by atoms with E-state index in [2.05, 4.69) is 10.4 Å². The second-order valence-electron chi connectivity index (χ2n) is 6.44. The molecule has 0 bridgehead atoms. The van der Waals surface area contributed by atoms with E-state index in [1.807, 2.05) is 42.4 Å². The van der Waals surface area contributed by atoms with E-state index in [0.29, 0.717) is 18.9 Å². The Hall–Kier alpha value is -2.67. The number of nitrogens with one attached hydrogen (secondary N) is 1. The summed E-state index contributed by atoms with van der Waals surface area (Å²) in [6, 6.07) is 7.69. The van der Waals surface area contributed by atoms with Crippen LogP contribution in [0.4, 0.5) is 0 Å². The molecule has 1 amide bonds. The number of ketones is 1. The molecule has 1 fully saturated rings. The van der Waals surface area contributed by atoms with Gasteiger partial charge in [0.1, 0.15) is 12.4 Å². The van der Waals surface area contributed by atoms with E-state index in [0.717, 1.165) is 37.1 Å². The van der Waals surface area contributed by atoms with Crippen LogP contribution in [-0.4, -0.2) is 59.2 Å². The van der Waals surface area contributed by atoms with E-state index in [4.69, 9.17) is 4.74 Å². The number of Topliss-reactive ketones (excluding diaryl/α,β-unsaturated/α-hetero) is 1. The predicted octanol–water partition coefficient (Wildman–Crippen LogP) is 1.25. The van der Waals surface area contributed by atoms with Crippen molar-refractivity contribution in [3.05, 3.63) is 36.7 Å². The smallest absolute Gasteiger partial charge is 0.288 e. The summed E-state index contributed by atoms with van der Waals surface area (Å²) in [5, 5.41) is 6.79. The number of hydrogen-bond acceptors (Lipinski definition) is 5. The number of benzene rings is 1. The topological polar surface area (TPSA) is 76.5 Å². The van der Waals surface area contributed by atoms with Crippen LogP contribution in [0.5, 0.6) is 5.75 Å². The van der Waals surface area contributed by atoms with E-state index in [9.17, 15) is 9.59 Å². The van der Waals surface area contributed by atoms with Crippen molar-refractivity contribution >= 4 is 11.7 Å². The van der Waals surface area contributed by atoms with Crippen molar-refractivity contribution in [1.82, 2.24) is 20.0 Å². The number of ether oxygens (including phenoxy) is 1. The summed E-state index contributed by atoms with van der Waals surface area (Å²) in [5.74, 6) is -0.209. The maximum atomic E-state index is 11.9. The molecule has 0 atom stereocenters. The number of amides is 1. The number of carbonyl (C=O) groups is 2. The lowest BCUT2D eigenvalue weighted by Crippen LogP contribution is -2.39. The molecular formula is C19H24N4O3. The zero-order valence-electron chi connectivity index (χ0n) is 15.0. The summed E-state index contributed by atoms with van der Waals surface area (Å²) in [7, 11) is 1.87. The Bertz CT molecular complexity index is 766. The van der Waals surface area contributed by atoms with Gasteiger partial charge in [0.15, 0.2) is 0 Å². The third-order valence-electron chi connectivity index (χ3n) is 4.35. The zero-order chi connectivity index (χ0) is 18.4. The molecule has 1 aromatic carbocycles. The highest BCUT2D eigenvalue weighted by atomic mass is 16.5. The van der Waals surface area contributed by atoms with Gasteiger partial charge in [-0.3, -0.25) is 19.2 Å². The van der Waals surface area contributed by atoms with Gasteiger partial charge in [0.05, 0.1) is 19.3 Å². The number of aryl methyl sites for hydroxylation is 1. The molecule has 138 valence electrons. The molecule has 1 aromatic heterocycles. The lowest BCUT2D eigenvalue weighted by atomic mass is 10.1. The average Bonchev–Trinajstić information content (AvgIpc) is 3.30. The fourth-order valence-corrected chi connectivity index (χ4v) is 2.98. The normalized spacial score (nSPS) is 14.3. The molecule has 7 heteroatoms. The van der Waals surface area contributed by atoms with E-state index in [-0.39, 0.29) is 12.3 Å². The van der Waals surface area contributed by atoms with Crippen LogP contribution in [0.2, 0.25) is 0 Å². The van der Waals surface area contributed by atoms with E-state index >= 15 is 0 Å². The number of hydrogen-bond donors (Lipinski definition) is 1. The Labute approximate surface area is 152 Å². The van der Waals surface area contributed by atoms with Crippen LogP contribution in [0.1, 0.15) is 12.8 Å². The van der Waals surface area contributed by atoms with Gasteiger partial charge < -0.3 is 10.1 Å². The monoisotopic (exact) mass is 356 g/mol. The van der Waals surface area contributed by atoms with E-state index in [1.54, 1.807) is 10.9 Å². The minimum atomic E-state index is -0.537. The van der Waals surface area contributed by atoms with Crippen molar-refractivity contribution in [2.45, 2.75) is 12.8 Å². The maximum absolute atomic E-state index is 11.9. The highest BCUT2D eigenvalue weighted by molar-refractivity contribution is 6.36. The number of carbonyl (C=O) groups excluding carboxylic acids is 2. The largest absolute Gasteiger partial charge is 0.492 e. The van der Waals surface area contributed by atoms with Crippen LogP contribution in [0.3, 0.4) is 0 Å². The molecule has 2 heterocycles. The minimum Gasteiger partial charge on any atom is -0.492 e. The fourth-order valence-electron chi connectivity index (χ4n) is 2.98. The lowest BCUT2D eigenvalue weighted by Gasteiger charge is -2.13. The molecule has 0 spiro atoms. The van der Waals surface area contributed by atoms with E-state index < -0.39 is 5.91 Å². The van der Waals surface area contributed by atoms with Crippen LogP contribution in [-0.2, 0) is 16.6 Å². The first-order valence-corrected chi connectivity index (χ1v) is 8.87. The predicted molar refractivity (Wildman–Crippen MR) is 97.8 cm³/mol. The molecule has 0 unspecified atom stereocenters. The summed E-state index contributed by atoms with van der Waals surface area (Å²) in [4.78, 5) is 25.7. The first-order valence-electron chi connectivity index (χ1n) is 8.87. The van der Waals surface area contributed by atoms with Crippen molar-refractivity contribution in [2.75, 3.05) is 32.8 Å². The first-order chi connectivity index (χ1) is 12.6. The van der Waals surface area contributed by atoms with Gasteiger partial charge in [0.25, 0.3) is 5.91 Å². The Kier molecular flexibility index (Phi) is 6.01. The molecule has 2 aromatic rings. The summed E-state index contributed by atoms with van der Waals surface area (Å²) >= 11 is 0. The highest BCUT2D eigenvalue weighted by Crippen LogP contribution is 2.23. The molecule has 1 saturated heterocycles. The summed E-state index contributed by atoms with van der Waals surface area (Å²) in [6.07, 6.45) is 5.93. The van der Waals surface area contributed by atoms with Gasteiger partial charge in [-0.25, -0.2) is 0 Å². The van der Waals surface area contributed by atoms with Gasteiger partial charge in [0.2, 0.25) is 5.78 Å². The molecule has 0 radical (unpaired) electrons. The maximum Gasteiger partial charge on any atom is 0.288 e. The lowest BCUT2D eigenvalue weighted by molar-refractivity contribution is -0.138. The van der Waals surface area contributed by atoms with Crippen molar-refractivity contribution in [3.8, 4) is 16.9 Å². The van der Waals surface area contributed by atoms with Crippen molar-refractivity contribution in [1.29, 1.82) is 0 Å². The van der Waals surface area contributed by atoms with Crippen molar-refractivity contribution in [2.24, 2.45) is 7.05 Å². The number of aromatic nitrogens is 2. The Morgan fingerprint density at radius 2 is 2.04 bits per heavy atom. The van der Waals surface area contributed by atoms with Gasteiger partial charge in [-0.05, 0) is 43.6 Å². The SMILES string of the molecule is Cn1cc(-c2cccc(OCCNC(=O)C(=O)CN3CCCC3)c2)cn1. The summed E-state index contributed by atoms with van der Waals surface area (Å²) in [5.41, 5.74) is 2.03. The highest BCUT2D eigenvalue weighted by Gasteiger charge is 2.19. The quantitative estimate of drug-likeness (QED) is 0.569. The molecule has 1 aliphatic rings. The molecule has 1 aliphatic heterocycles.